The molecule has 2 rings (SSSR count). The van der Waals surface area contributed by atoms with Gasteiger partial charge in [-0.05, 0) is 51.5 Å². The lowest BCUT2D eigenvalue weighted by Crippen LogP contribution is -3.00. The maximum atomic E-state index is 5.43. The van der Waals surface area contributed by atoms with Crippen LogP contribution in [0.25, 0.3) is 0 Å². The Morgan fingerprint density at radius 1 is 1.35 bits per heavy atom. The van der Waals surface area contributed by atoms with Crippen molar-refractivity contribution in [2.24, 2.45) is 7.05 Å². The first-order valence-corrected chi connectivity index (χ1v) is 9.26. The molecule has 128 valence electrons. The van der Waals surface area contributed by atoms with Gasteiger partial charge in [-0.2, -0.15) is 0 Å². The number of nitrogens with one attached hydrogen (secondary N) is 1. The highest BCUT2D eigenvalue weighted by Crippen LogP contribution is 2.32. The predicted molar refractivity (Wildman–Crippen MR) is 94.2 cm³/mol. The first-order valence-electron chi connectivity index (χ1n) is 6.69. The summed E-state index contributed by atoms with van der Waals surface area (Å²) in [5, 5.41) is 15.6. The number of nitrogens with zero attached hydrogens (tertiary/aromatic N) is 4. The Labute approximate surface area is 162 Å². The third kappa shape index (κ3) is 6.22. The summed E-state index contributed by atoms with van der Waals surface area (Å²) in [6.45, 7) is 1.68. The zero-order chi connectivity index (χ0) is 15.9. The number of hydrogen-bond acceptors (Lipinski definition) is 6. The Morgan fingerprint density at radius 3 is 2.78 bits per heavy atom. The van der Waals surface area contributed by atoms with Crippen molar-refractivity contribution in [2.45, 2.75) is 18.1 Å². The lowest BCUT2D eigenvalue weighted by molar-refractivity contribution is -0.00000479. The predicted octanol–water partition coefficient (Wildman–Crippen LogP) is 0.0197. The van der Waals surface area contributed by atoms with Gasteiger partial charge in [0.15, 0.2) is 0 Å². The zero-order valence-corrected chi connectivity index (χ0v) is 17.5. The number of ether oxygens (including phenoxy) is 1. The molecule has 0 saturated carbocycles. The van der Waals surface area contributed by atoms with E-state index in [4.69, 9.17) is 4.74 Å². The number of benzene rings is 1. The maximum absolute atomic E-state index is 5.43. The summed E-state index contributed by atoms with van der Waals surface area (Å²) in [4.78, 5) is 0. The number of aryl methyl sites for hydroxylation is 1. The maximum Gasteiger partial charge on any atom is 0.209 e. The van der Waals surface area contributed by atoms with Crippen molar-refractivity contribution in [3.05, 3.63) is 26.6 Å². The first-order chi connectivity index (χ1) is 10.6. The zero-order valence-electron chi connectivity index (χ0n) is 12.7. The second-order valence-electron chi connectivity index (χ2n) is 4.54. The number of hydrogen-bond donors (Lipinski definition) is 1. The topological polar surface area (TPSA) is 64.9 Å². The summed E-state index contributed by atoms with van der Waals surface area (Å²) in [6, 6.07) is 4.05. The van der Waals surface area contributed by atoms with Gasteiger partial charge in [-0.1, -0.05) is 27.7 Å². The summed E-state index contributed by atoms with van der Waals surface area (Å²) in [7, 11) is 3.53. The highest BCUT2D eigenvalue weighted by atomic mass is 79.9. The van der Waals surface area contributed by atoms with E-state index in [1.165, 1.54) is 0 Å². The summed E-state index contributed by atoms with van der Waals surface area (Å²) in [6.07, 6.45) is 1.04. The van der Waals surface area contributed by atoms with Crippen LogP contribution in [0, 0.1) is 0 Å². The molecule has 0 spiro atoms. The molecule has 0 aliphatic heterocycles. The SMILES string of the molecule is COc1c(Br)cc(Br)cc1CNCCCSc1nnnn1C.[Cl-]. The van der Waals surface area contributed by atoms with E-state index in [1.807, 2.05) is 13.1 Å². The third-order valence-corrected chi connectivity index (χ3v) is 5.06. The van der Waals surface area contributed by atoms with E-state index in [9.17, 15) is 0 Å². The number of halogens is 3. The standard InChI is InChI=1S/C13H17Br2N5OS.ClH/c1-20-13(17-18-19-20)22-5-3-4-16-8-9-6-10(14)7-11(15)12(9)21-2;/h6-7,16H,3-5,8H2,1-2H3;1H/p-1. The molecule has 0 aliphatic carbocycles. The molecule has 1 aromatic heterocycles. The Balaban J connectivity index is 0.00000264. The quantitative estimate of drug-likeness (QED) is 0.419. The Kier molecular flexibility index (Phi) is 9.45. The fourth-order valence-corrected chi connectivity index (χ4v) is 4.17. The van der Waals surface area contributed by atoms with Crippen LogP contribution < -0.4 is 22.5 Å². The molecule has 0 fully saturated rings. The van der Waals surface area contributed by atoms with E-state index in [0.717, 1.165) is 50.7 Å². The van der Waals surface area contributed by atoms with Gasteiger partial charge in [-0.15, -0.1) is 5.10 Å². The molecule has 23 heavy (non-hydrogen) atoms. The van der Waals surface area contributed by atoms with Crippen LogP contribution in [0.5, 0.6) is 5.75 Å². The molecule has 0 atom stereocenters. The van der Waals surface area contributed by atoms with Crippen molar-refractivity contribution in [1.82, 2.24) is 25.5 Å². The van der Waals surface area contributed by atoms with Crippen LogP contribution >= 0.6 is 43.6 Å². The lowest BCUT2D eigenvalue weighted by atomic mass is 10.2. The van der Waals surface area contributed by atoms with Crippen LogP contribution in [0.15, 0.2) is 26.2 Å². The fraction of sp³-hybridized carbons (Fsp3) is 0.462. The molecule has 0 unspecified atom stereocenters. The average Bonchev–Trinajstić information content (AvgIpc) is 2.87. The number of rotatable bonds is 8. The van der Waals surface area contributed by atoms with Gasteiger partial charge in [0, 0.05) is 29.4 Å². The first kappa shape index (κ1) is 20.7. The number of tetrazole rings is 1. The van der Waals surface area contributed by atoms with Gasteiger partial charge in [0.05, 0.1) is 11.6 Å². The monoisotopic (exact) mass is 484 g/mol. The van der Waals surface area contributed by atoms with Crippen LogP contribution in [0.3, 0.4) is 0 Å². The summed E-state index contributed by atoms with van der Waals surface area (Å²) in [5.41, 5.74) is 1.12. The van der Waals surface area contributed by atoms with E-state index >= 15 is 0 Å². The van der Waals surface area contributed by atoms with Crippen molar-refractivity contribution < 1.29 is 17.1 Å². The van der Waals surface area contributed by atoms with Crippen molar-refractivity contribution in [2.75, 3.05) is 19.4 Å². The lowest BCUT2D eigenvalue weighted by Gasteiger charge is -2.12. The Hall–Kier alpha value is -0.350. The van der Waals surface area contributed by atoms with Crippen molar-refractivity contribution in [3.63, 3.8) is 0 Å². The van der Waals surface area contributed by atoms with Crippen LogP contribution in [0.2, 0.25) is 0 Å². The third-order valence-electron chi connectivity index (χ3n) is 2.92. The van der Waals surface area contributed by atoms with Gasteiger partial charge in [-0.3, -0.25) is 0 Å². The molecule has 1 heterocycles. The van der Waals surface area contributed by atoms with Gasteiger partial charge < -0.3 is 22.5 Å². The van der Waals surface area contributed by atoms with Crippen molar-refractivity contribution in [1.29, 1.82) is 0 Å². The fourth-order valence-electron chi connectivity index (χ4n) is 1.90. The number of thioether (sulfide) groups is 1. The van der Waals surface area contributed by atoms with Crippen LogP contribution in [-0.2, 0) is 13.6 Å². The van der Waals surface area contributed by atoms with E-state index < -0.39 is 0 Å². The highest BCUT2D eigenvalue weighted by Gasteiger charge is 2.09. The summed E-state index contributed by atoms with van der Waals surface area (Å²) in [5.74, 6) is 1.84. The van der Waals surface area contributed by atoms with Crippen LogP contribution in [0.4, 0.5) is 0 Å². The number of aromatic nitrogens is 4. The minimum atomic E-state index is 0. The second-order valence-corrected chi connectivity index (χ2v) is 7.38. The van der Waals surface area contributed by atoms with E-state index in [1.54, 1.807) is 23.6 Å². The molecule has 0 saturated heterocycles. The smallest absolute Gasteiger partial charge is 0.209 e. The largest absolute Gasteiger partial charge is 1.00 e. The average molecular weight is 487 g/mol. The van der Waals surface area contributed by atoms with Gasteiger partial charge in [0.2, 0.25) is 5.16 Å². The summed E-state index contributed by atoms with van der Waals surface area (Å²) >= 11 is 8.67. The molecular weight excluding hydrogens is 470 g/mol. The van der Waals surface area contributed by atoms with E-state index in [-0.39, 0.29) is 12.4 Å². The molecule has 1 aromatic carbocycles. The van der Waals surface area contributed by atoms with Gasteiger partial charge in [0.25, 0.3) is 0 Å². The van der Waals surface area contributed by atoms with Crippen molar-refractivity contribution >= 4 is 43.6 Å². The van der Waals surface area contributed by atoms with E-state index in [2.05, 4.69) is 58.8 Å². The van der Waals surface area contributed by atoms with Crippen molar-refractivity contribution in [3.8, 4) is 5.75 Å². The molecule has 10 heteroatoms. The highest BCUT2D eigenvalue weighted by molar-refractivity contribution is 9.11. The molecule has 0 radical (unpaired) electrons. The van der Waals surface area contributed by atoms with Gasteiger partial charge in [0.1, 0.15) is 5.75 Å². The van der Waals surface area contributed by atoms with Gasteiger partial charge in [-0.25, -0.2) is 4.68 Å². The molecule has 1 N–H and O–H groups in total. The molecule has 6 nitrogen and oxygen atoms in total. The minimum Gasteiger partial charge on any atom is -1.00 e. The molecular formula is C13H17Br2ClN5OS-. The van der Waals surface area contributed by atoms with Gasteiger partial charge >= 0.3 is 0 Å². The second kappa shape index (κ2) is 10.5. The molecule has 0 bridgehead atoms. The minimum absolute atomic E-state index is 0. The Bertz CT molecular complexity index is 628. The molecule has 0 amide bonds. The van der Waals surface area contributed by atoms with Crippen LogP contribution in [-0.4, -0.2) is 39.6 Å². The normalized spacial score (nSPS) is 10.4. The summed E-state index contributed by atoms with van der Waals surface area (Å²) < 4.78 is 9.10. The van der Waals surface area contributed by atoms with Crippen LogP contribution in [0.1, 0.15) is 12.0 Å². The molecule has 0 aliphatic rings. The molecule has 2 aromatic rings. The Morgan fingerprint density at radius 2 is 2.13 bits per heavy atom. The van der Waals surface area contributed by atoms with E-state index in [0.29, 0.717) is 0 Å². The number of methoxy groups -OCH3 is 1.